The Kier molecular flexibility index (Phi) is 4.32. The molecule has 1 rings (SSSR count). The molecule has 0 fully saturated rings. The van der Waals surface area contributed by atoms with E-state index in [0.717, 1.165) is 13.2 Å². The molecule has 0 bridgehead atoms. The predicted molar refractivity (Wildman–Crippen MR) is 59.1 cm³/mol. The normalized spacial score (nSPS) is 12.4. The Morgan fingerprint density at radius 2 is 2.16 bits per heavy atom. The first kappa shape index (κ1) is 14.8. The Hall–Kier alpha value is -2.30. The summed E-state index contributed by atoms with van der Waals surface area (Å²) in [6.45, 7) is 1.38. The Bertz CT molecular complexity index is 523. The lowest BCUT2D eigenvalue weighted by Gasteiger charge is -2.14. The topological polar surface area (TPSA) is 75.0 Å². The number of carbonyl (C=O) groups excluding carboxylic acids is 1. The summed E-state index contributed by atoms with van der Waals surface area (Å²) in [4.78, 5) is 14.5. The van der Waals surface area contributed by atoms with Crippen LogP contribution in [0.5, 0.6) is 0 Å². The van der Waals surface area contributed by atoms with Gasteiger partial charge in [-0.25, -0.2) is 9.78 Å². The Morgan fingerprint density at radius 3 is 2.63 bits per heavy atom. The van der Waals surface area contributed by atoms with Gasteiger partial charge in [0.1, 0.15) is 23.6 Å². The molecule has 0 saturated heterocycles. The zero-order chi connectivity index (χ0) is 14.6. The van der Waals surface area contributed by atoms with Crippen molar-refractivity contribution in [2.45, 2.75) is 19.1 Å². The number of rotatable bonds is 3. The number of nitrogens with one attached hydrogen (secondary N) is 1. The Labute approximate surface area is 107 Å². The average Bonchev–Trinajstić information content (AvgIpc) is 2.36. The van der Waals surface area contributed by atoms with Gasteiger partial charge in [-0.3, -0.25) is 0 Å². The maximum absolute atomic E-state index is 12.5. The van der Waals surface area contributed by atoms with E-state index in [2.05, 4.69) is 15.0 Å². The summed E-state index contributed by atoms with van der Waals surface area (Å²) in [5.74, 6) is -0.988. The van der Waals surface area contributed by atoms with E-state index in [4.69, 9.17) is 5.26 Å². The van der Waals surface area contributed by atoms with Gasteiger partial charge in [-0.15, -0.1) is 0 Å². The zero-order valence-electron chi connectivity index (χ0n) is 10.1. The van der Waals surface area contributed by atoms with E-state index in [-0.39, 0.29) is 11.4 Å². The third-order valence-corrected chi connectivity index (χ3v) is 2.21. The van der Waals surface area contributed by atoms with E-state index in [9.17, 15) is 18.0 Å². The van der Waals surface area contributed by atoms with Crippen LogP contribution in [0.2, 0.25) is 0 Å². The van der Waals surface area contributed by atoms with Crippen LogP contribution < -0.4 is 5.32 Å². The molecule has 102 valence electrons. The van der Waals surface area contributed by atoms with Crippen molar-refractivity contribution in [3.63, 3.8) is 0 Å². The Balaban J connectivity index is 3.11. The van der Waals surface area contributed by atoms with E-state index in [1.54, 1.807) is 6.07 Å². The van der Waals surface area contributed by atoms with Crippen LogP contribution in [0.25, 0.3) is 0 Å². The molecule has 0 aliphatic heterocycles. The van der Waals surface area contributed by atoms with Crippen molar-refractivity contribution in [2.24, 2.45) is 0 Å². The lowest BCUT2D eigenvalue weighted by molar-refractivity contribution is -0.141. The molecule has 5 nitrogen and oxygen atoms in total. The second-order valence-corrected chi connectivity index (χ2v) is 3.59. The van der Waals surface area contributed by atoms with Crippen molar-refractivity contribution in [1.29, 1.82) is 5.26 Å². The number of pyridine rings is 1. The SMILES string of the molecule is COC(=O)C(C)Nc1nc(C(F)(F)F)ccc1C#N. The molecular formula is C11H10F3N3O2. The summed E-state index contributed by atoms with van der Waals surface area (Å²) in [5.41, 5.74) is -1.24. The molecule has 1 aromatic rings. The molecule has 19 heavy (non-hydrogen) atoms. The number of esters is 1. The molecule has 1 heterocycles. The monoisotopic (exact) mass is 273 g/mol. The second-order valence-electron chi connectivity index (χ2n) is 3.59. The molecule has 1 unspecified atom stereocenters. The van der Waals surface area contributed by atoms with E-state index >= 15 is 0 Å². The van der Waals surface area contributed by atoms with Gasteiger partial charge in [0, 0.05) is 0 Å². The lowest BCUT2D eigenvalue weighted by Crippen LogP contribution is -2.28. The number of aromatic nitrogens is 1. The number of hydrogen-bond acceptors (Lipinski definition) is 5. The van der Waals surface area contributed by atoms with Gasteiger partial charge < -0.3 is 10.1 Å². The molecule has 1 atom stereocenters. The molecule has 1 aromatic heterocycles. The van der Waals surface area contributed by atoms with Crippen molar-refractivity contribution in [3.8, 4) is 6.07 Å². The fourth-order valence-electron chi connectivity index (χ4n) is 1.26. The molecule has 0 amide bonds. The molecule has 0 radical (unpaired) electrons. The number of ether oxygens (including phenoxy) is 1. The highest BCUT2D eigenvalue weighted by Gasteiger charge is 2.33. The van der Waals surface area contributed by atoms with Gasteiger partial charge in [-0.1, -0.05) is 0 Å². The van der Waals surface area contributed by atoms with Crippen molar-refractivity contribution in [1.82, 2.24) is 4.98 Å². The number of nitrogens with zero attached hydrogens (tertiary/aromatic N) is 2. The third kappa shape index (κ3) is 3.58. The van der Waals surface area contributed by atoms with Crippen LogP contribution in [-0.4, -0.2) is 24.1 Å². The molecule has 0 spiro atoms. The number of nitriles is 1. The van der Waals surface area contributed by atoms with E-state index in [0.29, 0.717) is 6.07 Å². The minimum absolute atomic E-state index is 0.0937. The second kappa shape index (κ2) is 5.56. The molecule has 0 aliphatic rings. The van der Waals surface area contributed by atoms with Crippen molar-refractivity contribution >= 4 is 11.8 Å². The van der Waals surface area contributed by atoms with Crippen molar-refractivity contribution in [2.75, 3.05) is 12.4 Å². The van der Waals surface area contributed by atoms with E-state index in [1.807, 2.05) is 0 Å². The summed E-state index contributed by atoms with van der Waals surface area (Å²) in [7, 11) is 1.14. The van der Waals surface area contributed by atoms with Crippen LogP contribution in [0, 0.1) is 11.3 Å². The third-order valence-electron chi connectivity index (χ3n) is 2.21. The predicted octanol–water partition coefficient (Wildman–Crippen LogP) is 1.95. The number of halogens is 3. The van der Waals surface area contributed by atoms with E-state index < -0.39 is 23.9 Å². The quantitative estimate of drug-likeness (QED) is 0.852. The summed E-state index contributed by atoms with van der Waals surface area (Å²) in [6, 6.07) is 2.46. The fourth-order valence-corrected chi connectivity index (χ4v) is 1.26. The molecule has 8 heteroatoms. The molecular weight excluding hydrogens is 263 g/mol. The largest absolute Gasteiger partial charge is 0.467 e. The van der Waals surface area contributed by atoms with Gasteiger partial charge in [-0.05, 0) is 19.1 Å². The van der Waals surface area contributed by atoms with Gasteiger partial charge in [0.15, 0.2) is 0 Å². The van der Waals surface area contributed by atoms with Crippen LogP contribution in [-0.2, 0) is 15.7 Å². The minimum atomic E-state index is -4.63. The number of alkyl halides is 3. The van der Waals surface area contributed by atoms with Crippen LogP contribution in [0.1, 0.15) is 18.2 Å². The molecule has 0 saturated carbocycles. The first-order valence-electron chi connectivity index (χ1n) is 5.12. The molecule has 0 aromatic carbocycles. The summed E-state index contributed by atoms with van der Waals surface area (Å²) in [6.07, 6.45) is -4.63. The summed E-state index contributed by atoms with van der Waals surface area (Å²) in [5, 5.41) is 11.2. The van der Waals surface area contributed by atoms with E-state index in [1.165, 1.54) is 6.92 Å². The first-order valence-corrected chi connectivity index (χ1v) is 5.12. The van der Waals surface area contributed by atoms with Crippen LogP contribution in [0.3, 0.4) is 0 Å². The smallest absolute Gasteiger partial charge is 0.433 e. The lowest BCUT2D eigenvalue weighted by atomic mass is 10.2. The molecule has 1 N–H and O–H groups in total. The number of hydrogen-bond donors (Lipinski definition) is 1. The minimum Gasteiger partial charge on any atom is -0.467 e. The fraction of sp³-hybridized carbons (Fsp3) is 0.364. The van der Waals surface area contributed by atoms with Gasteiger partial charge in [-0.2, -0.15) is 18.4 Å². The highest BCUT2D eigenvalue weighted by molar-refractivity contribution is 5.78. The standard InChI is InChI=1S/C11H10F3N3O2/c1-6(10(18)19-2)16-9-7(5-15)3-4-8(17-9)11(12,13)14/h3-4,6H,1-2H3,(H,16,17). The maximum Gasteiger partial charge on any atom is 0.433 e. The zero-order valence-corrected chi connectivity index (χ0v) is 10.1. The van der Waals surface area contributed by atoms with Gasteiger partial charge >= 0.3 is 12.1 Å². The molecule has 0 aliphatic carbocycles. The highest BCUT2D eigenvalue weighted by Crippen LogP contribution is 2.29. The van der Waals surface area contributed by atoms with Gasteiger partial charge in [0.25, 0.3) is 0 Å². The van der Waals surface area contributed by atoms with Crippen molar-refractivity contribution < 1.29 is 22.7 Å². The summed E-state index contributed by atoms with van der Waals surface area (Å²) < 4.78 is 41.9. The van der Waals surface area contributed by atoms with Crippen molar-refractivity contribution in [3.05, 3.63) is 23.4 Å². The highest BCUT2D eigenvalue weighted by atomic mass is 19.4. The number of methoxy groups -OCH3 is 1. The van der Waals surface area contributed by atoms with Crippen LogP contribution in [0.4, 0.5) is 19.0 Å². The Morgan fingerprint density at radius 1 is 1.53 bits per heavy atom. The number of anilines is 1. The van der Waals surface area contributed by atoms with Gasteiger partial charge in [0.05, 0.1) is 12.7 Å². The number of carbonyl (C=O) groups is 1. The summed E-state index contributed by atoms with van der Waals surface area (Å²) >= 11 is 0. The van der Waals surface area contributed by atoms with Crippen LogP contribution >= 0.6 is 0 Å². The average molecular weight is 273 g/mol. The maximum atomic E-state index is 12.5. The van der Waals surface area contributed by atoms with Gasteiger partial charge in [0.2, 0.25) is 0 Å². The first-order chi connectivity index (χ1) is 8.79. The van der Waals surface area contributed by atoms with Crippen LogP contribution in [0.15, 0.2) is 12.1 Å².